The Morgan fingerprint density at radius 2 is 2.09 bits per heavy atom. The molecule has 23 heavy (non-hydrogen) atoms. The van der Waals surface area contributed by atoms with Gasteiger partial charge >= 0.3 is 6.09 Å². The fourth-order valence-electron chi connectivity index (χ4n) is 2.73. The first-order valence-corrected chi connectivity index (χ1v) is 7.80. The van der Waals surface area contributed by atoms with Crippen molar-refractivity contribution in [2.75, 3.05) is 6.61 Å². The average molecular weight is 317 g/mol. The number of nitrogens with zero attached hydrogens (tertiary/aromatic N) is 1. The molecular formula is C18H23NO4. The van der Waals surface area contributed by atoms with Crippen molar-refractivity contribution < 1.29 is 19.4 Å². The van der Waals surface area contributed by atoms with Gasteiger partial charge in [-0.25, -0.2) is 9.69 Å². The highest BCUT2D eigenvalue weighted by atomic mass is 16.6. The van der Waals surface area contributed by atoms with Crippen molar-refractivity contribution in [1.29, 1.82) is 0 Å². The summed E-state index contributed by atoms with van der Waals surface area (Å²) in [5, 5.41) is 10.2. The third kappa shape index (κ3) is 3.79. The van der Waals surface area contributed by atoms with Crippen LogP contribution in [0.3, 0.4) is 0 Å². The lowest BCUT2D eigenvalue weighted by atomic mass is 9.92. The largest absolute Gasteiger partial charge is 0.447 e. The van der Waals surface area contributed by atoms with Gasteiger partial charge in [0.1, 0.15) is 6.61 Å². The van der Waals surface area contributed by atoms with Crippen LogP contribution in [0.15, 0.2) is 43.0 Å². The zero-order valence-corrected chi connectivity index (χ0v) is 13.5. The van der Waals surface area contributed by atoms with E-state index in [9.17, 15) is 14.7 Å². The maximum atomic E-state index is 12.6. The van der Waals surface area contributed by atoms with Crippen LogP contribution in [0.25, 0.3) is 0 Å². The zero-order valence-electron chi connectivity index (χ0n) is 13.5. The summed E-state index contributed by atoms with van der Waals surface area (Å²) in [6.45, 7) is 7.22. The predicted octanol–water partition coefficient (Wildman–Crippen LogP) is 2.40. The van der Waals surface area contributed by atoms with Crippen molar-refractivity contribution in [3.63, 3.8) is 0 Å². The van der Waals surface area contributed by atoms with Crippen molar-refractivity contribution in [3.8, 4) is 0 Å². The van der Waals surface area contributed by atoms with E-state index < -0.39 is 24.0 Å². The van der Waals surface area contributed by atoms with Gasteiger partial charge in [0.2, 0.25) is 5.91 Å². The summed E-state index contributed by atoms with van der Waals surface area (Å²) in [6.07, 6.45) is 0.614. The first kappa shape index (κ1) is 17.2. The number of amides is 2. The smallest absolute Gasteiger partial charge is 0.416 e. The number of imide groups is 1. The van der Waals surface area contributed by atoms with Gasteiger partial charge in [0.15, 0.2) is 0 Å². The number of rotatable bonds is 6. The number of hydrogen-bond acceptors (Lipinski definition) is 4. The molecule has 5 heteroatoms. The fourth-order valence-corrected chi connectivity index (χ4v) is 2.73. The maximum Gasteiger partial charge on any atom is 0.416 e. The zero-order chi connectivity index (χ0) is 17.0. The highest BCUT2D eigenvalue weighted by Crippen LogP contribution is 2.23. The SMILES string of the molecule is C=CC(C)C(O)C(C)C(=O)N1C(=O)OCC1Cc1ccccc1. The third-order valence-electron chi connectivity index (χ3n) is 4.32. The van der Waals surface area contributed by atoms with Crippen molar-refractivity contribution >= 4 is 12.0 Å². The van der Waals surface area contributed by atoms with E-state index in [1.807, 2.05) is 30.3 Å². The molecule has 1 N–H and O–H groups in total. The molecule has 1 saturated heterocycles. The first-order chi connectivity index (χ1) is 11.0. The second kappa shape index (κ2) is 7.42. The van der Waals surface area contributed by atoms with E-state index in [1.165, 1.54) is 0 Å². The Hall–Kier alpha value is -2.14. The van der Waals surface area contributed by atoms with Gasteiger partial charge in [-0.3, -0.25) is 4.79 Å². The van der Waals surface area contributed by atoms with Gasteiger partial charge in [-0.15, -0.1) is 6.58 Å². The second-order valence-electron chi connectivity index (χ2n) is 6.00. The van der Waals surface area contributed by atoms with Crippen LogP contribution in [0, 0.1) is 11.8 Å². The minimum Gasteiger partial charge on any atom is -0.447 e. The van der Waals surface area contributed by atoms with Crippen LogP contribution in [-0.4, -0.2) is 40.8 Å². The topological polar surface area (TPSA) is 66.8 Å². The van der Waals surface area contributed by atoms with Gasteiger partial charge < -0.3 is 9.84 Å². The van der Waals surface area contributed by atoms with Crippen LogP contribution in [0.4, 0.5) is 4.79 Å². The molecule has 0 spiro atoms. The van der Waals surface area contributed by atoms with Crippen LogP contribution in [0.5, 0.6) is 0 Å². The molecule has 0 aliphatic carbocycles. The molecule has 5 nitrogen and oxygen atoms in total. The van der Waals surface area contributed by atoms with Gasteiger partial charge in [-0.1, -0.05) is 50.3 Å². The number of benzene rings is 1. The molecule has 0 aromatic heterocycles. The molecule has 1 fully saturated rings. The van der Waals surface area contributed by atoms with E-state index in [2.05, 4.69) is 6.58 Å². The van der Waals surface area contributed by atoms with Crippen LogP contribution < -0.4 is 0 Å². The summed E-state index contributed by atoms with van der Waals surface area (Å²) in [7, 11) is 0. The molecule has 1 aromatic rings. The van der Waals surface area contributed by atoms with E-state index in [0.29, 0.717) is 6.42 Å². The highest BCUT2D eigenvalue weighted by molar-refractivity contribution is 5.95. The Kier molecular flexibility index (Phi) is 5.55. The predicted molar refractivity (Wildman–Crippen MR) is 86.7 cm³/mol. The Bertz CT molecular complexity index is 572. The summed E-state index contributed by atoms with van der Waals surface area (Å²) in [5.74, 6) is -1.35. The Balaban J connectivity index is 2.12. The number of aliphatic hydroxyl groups is 1. The average Bonchev–Trinajstić information content (AvgIpc) is 2.93. The summed E-state index contributed by atoms with van der Waals surface area (Å²) in [6, 6.07) is 9.30. The molecule has 1 heterocycles. The summed E-state index contributed by atoms with van der Waals surface area (Å²) < 4.78 is 5.05. The van der Waals surface area contributed by atoms with Crippen LogP contribution in [0.2, 0.25) is 0 Å². The number of ether oxygens (including phenoxy) is 1. The summed E-state index contributed by atoms with van der Waals surface area (Å²) in [5.41, 5.74) is 1.03. The Labute approximate surface area is 136 Å². The van der Waals surface area contributed by atoms with Crippen LogP contribution in [0.1, 0.15) is 19.4 Å². The molecular weight excluding hydrogens is 294 g/mol. The molecule has 4 unspecified atom stereocenters. The van der Waals surface area contributed by atoms with E-state index in [1.54, 1.807) is 19.9 Å². The molecule has 2 amide bonds. The van der Waals surface area contributed by atoms with E-state index in [0.717, 1.165) is 10.5 Å². The van der Waals surface area contributed by atoms with E-state index >= 15 is 0 Å². The minimum atomic E-state index is -0.884. The highest BCUT2D eigenvalue weighted by Gasteiger charge is 2.41. The molecule has 2 rings (SSSR count). The number of cyclic esters (lactones) is 1. The van der Waals surface area contributed by atoms with E-state index in [4.69, 9.17) is 4.74 Å². The third-order valence-corrected chi connectivity index (χ3v) is 4.32. The van der Waals surface area contributed by atoms with Crippen molar-refractivity contribution in [2.24, 2.45) is 11.8 Å². The second-order valence-corrected chi connectivity index (χ2v) is 6.00. The molecule has 1 aliphatic heterocycles. The summed E-state index contributed by atoms with van der Waals surface area (Å²) in [4.78, 5) is 25.8. The molecule has 124 valence electrons. The first-order valence-electron chi connectivity index (χ1n) is 7.80. The monoisotopic (exact) mass is 317 g/mol. The molecule has 0 saturated carbocycles. The fraction of sp³-hybridized carbons (Fsp3) is 0.444. The lowest BCUT2D eigenvalue weighted by Gasteiger charge is -2.27. The summed E-state index contributed by atoms with van der Waals surface area (Å²) >= 11 is 0. The van der Waals surface area contributed by atoms with E-state index in [-0.39, 0.29) is 18.6 Å². The molecule has 1 aromatic carbocycles. The molecule has 1 aliphatic rings. The quantitative estimate of drug-likeness (QED) is 0.818. The van der Waals surface area contributed by atoms with Crippen molar-refractivity contribution in [2.45, 2.75) is 32.4 Å². The number of aliphatic hydroxyl groups excluding tert-OH is 1. The molecule has 0 radical (unpaired) electrons. The van der Waals surface area contributed by atoms with Gasteiger partial charge in [-0.2, -0.15) is 0 Å². The van der Waals surface area contributed by atoms with Crippen molar-refractivity contribution in [1.82, 2.24) is 4.90 Å². The molecule has 0 bridgehead atoms. The van der Waals surface area contributed by atoms with Crippen LogP contribution >= 0.6 is 0 Å². The lowest BCUT2D eigenvalue weighted by Crippen LogP contribution is -2.46. The van der Waals surface area contributed by atoms with Gasteiger partial charge in [0, 0.05) is 5.92 Å². The minimum absolute atomic E-state index is 0.180. The van der Waals surface area contributed by atoms with Gasteiger partial charge in [0.05, 0.1) is 18.1 Å². The maximum absolute atomic E-state index is 12.6. The normalized spacial score (nSPS) is 21.4. The van der Waals surface area contributed by atoms with Gasteiger partial charge in [-0.05, 0) is 12.0 Å². The standard InChI is InChI=1S/C18H23NO4/c1-4-12(2)16(20)13(3)17(21)19-15(11-23-18(19)22)10-14-8-6-5-7-9-14/h4-9,12-13,15-16,20H,1,10-11H2,2-3H3. The Morgan fingerprint density at radius 3 is 2.70 bits per heavy atom. The molecule has 4 atom stereocenters. The van der Waals surface area contributed by atoms with Crippen LogP contribution in [-0.2, 0) is 16.0 Å². The lowest BCUT2D eigenvalue weighted by molar-refractivity contribution is -0.137. The number of carbonyl (C=O) groups excluding carboxylic acids is 2. The van der Waals surface area contributed by atoms with Crippen molar-refractivity contribution in [3.05, 3.63) is 48.6 Å². The number of hydrogen-bond donors (Lipinski definition) is 1. The van der Waals surface area contributed by atoms with Gasteiger partial charge in [0.25, 0.3) is 0 Å². The number of carbonyl (C=O) groups is 2. The Morgan fingerprint density at radius 1 is 1.43 bits per heavy atom.